The van der Waals surface area contributed by atoms with Crippen LogP contribution in [0.2, 0.25) is 0 Å². The highest BCUT2D eigenvalue weighted by atomic mass is 16.6. The zero-order valence-electron chi connectivity index (χ0n) is 13.8. The molecule has 0 N–H and O–H groups in total. The van der Waals surface area contributed by atoms with Gasteiger partial charge in [-0.15, -0.1) is 0 Å². The van der Waals surface area contributed by atoms with Crippen LogP contribution < -0.4 is 9.47 Å². The first-order valence-corrected chi connectivity index (χ1v) is 8.27. The molecular weight excluding hydrogens is 288 g/mol. The highest BCUT2D eigenvalue weighted by Crippen LogP contribution is 2.34. The van der Waals surface area contributed by atoms with Gasteiger partial charge in [0.15, 0.2) is 11.5 Å². The summed E-state index contributed by atoms with van der Waals surface area (Å²) in [7, 11) is 0. The second-order valence-corrected chi connectivity index (χ2v) is 6.31. The molecule has 3 nitrogen and oxygen atoms in total. The molecule has 2 aromatic carbocycles. The van der Waals surface area contributed by atoms with Crippen molar-refractivity contribution in [3.63, 3.8) is 0 Å². The molecule has 1 atom stereocenters. The molecule has 1 heterocycles. The van der Waals surface area contributed by atoms with Crippen molar-refractivity contribution in [2.75, 3.05) is 19.8 Å². The van der Waals surface area contributed by atoms with Crippen LogP contribution in [-0.2, 0) is 11.2 Å². The average Bonchev–Trinajstić information content (AvgIpc) is 2.59. The van der Waals surface area contributed by atoms with Crippen LogP contribution in [0.4, 0.5) is 0 Å². The van der Waals surface area contributed by atoms with Crippen molar-refractivity contribution in [1.29, 1.82) is 0 Å². The Balaban J connectivity index is 1.81. The molecule has 0 saturated carbocycles. The second kappa shape index (κ2) is 7.51. The molecule has 23 heavy (non-hydrogen) atoms. The van der Waals surface area contributed by atoms with E-state index in [9.17, 15) is 0 Å². The average molecular weight is 312 g/mol. The summed E-state index contributed by atoms with van der Waals surface area (Å²) < 4.78 is 17.5. The number of hydrogen-bond acceptors (Lipinski definition) is 3. The van der Waals surface area contributed by atoms with Crippen LogP contribution in [0.15, 0.2) is 48.5 Å². The summed E-state index contributed by atoms with van der Waals surface area (Å²) in [6.07, 6.45) is 0.878. The van der Waals surface area contributed by atoms with E-state index in [1.807, 2.05) is 12.1 Å². The predicted molar refractivity (Wildman–Crippen MR) is 91.1 cm³/mol. The summed E-state index contributed by atoms with van der Waals surface area (Å²) in [4.78, 5) is 0. The number of rotatable bonds is 6. The van der Waals surface area contributed by atoms with E-state index in [0.717, 1.165) is 30.1 Å². The van der Waals surface area contributed by atoms with Gasteiger partial charge in [-0.1, -0.05) is 50.2 Å². The number of benzene rings is 2. The number of fused-ring (bicyclic) bond motifs is 1. The summed E-state index contributed by atoms with van der Waals surface area (Å²) >= 11 is 0. The molecule has 0 bridgehead atoms. The Labute approximate surface area is 138 Å². The Kier molecular flexibility index (Phi) is 5.19. The molecule has 0 fully saturated rings. The lowest BCUT2D eigenvalue weighted by atomic mass is 10.0. The Morgan fingerprint density at radius 2 is 1.70 bits per heavy atom. The van der Waals surface area contributed by atoms with E-state index in [4.69, 9.17) is 14.2 Å². The van der Waals surface area contributed by atoms with Gasteiger partial charge < -0.3 is 14.2 Å². The van der Waals surface area contributed by atoms with Crippen LogP contribution in [0.5, 0.6) is 11.5 Å². The number of ether oxygens (including phenoxy) is 3. The van der Waals surface area contributed by atoms with Crippen molar-refractivity contribution >= 4 is 0 Å². The van der Waals surface area contributed by atoms with Crippen molar-refractivity contribution in [2.24, 2.45) is 5.92 Å². The van der Waals surface area contributed by atoms with Gasteiger partial charge >= 0.3 is 0 Å². The van der Waals surface area contributed by atoms with Crippen molar-refractivity contribution in [3.05, 3.63) is 59.7 Å². The quantitative estimate of drug-likeness (QED) is 0.790. The molecule has 0 aromatic heterocycles. The maximum absolute atomic E-state index is 6.19. The molecule has 2 aromatic rings. The zero-order valence-corrected chi connectivity index (χ0v) is 13.8. The Bertz CT molecular complexity index is 622. The van der Waals surface area contributed by atoms with Gasteiger partial charge in [0.2, 0.25) is 0 Å². The lowest BCUT2D eigenvalue weighted by molar-refractivity contribution is 0.0348. The monoisotopic (exact) mass is 312 g/mol. The fourth-order valence-electron chi connectivity index (χ4n) is 2.67. The molecule has 0 saturated heterocycles. The third-order valence-electron chi connectivity index (χ3n) is 3.83. The van der Waals surface area contributed by atoms with Crippen molar-refractivity contribution in [2.45, 2.75) is 26.4 Å². The van der Waals surface area contributed by atoms with Gasteiger partial charge in [0.05, 0.1) is 6.10 Å². The van der Waals surface area contributed by atoms with Crippen LogP contribution in [0, 0.1) is 5.92 Å². The van der Waals surface area contributed by atoms with E-state index < -0.39 is 0 Å². The summed E-state index contributed by atoms with van der Waals surface area (Å²) in [6.45, 7) is 6.30. The maximum atomic E-state index is 6.19. The van der Waals surface area contributed by atoms with E-state index >= 15 is 0 Å². The highest BCUT2D eigenvalue weighted by Gasteiger charge is 2.18. The molecule has 0 amide bonds. The standard InChI is InChI=1S/C20H24O3/c1-15(2)14-23-19(12-16-6-4-3-5-7-16)17-8-9-18-20(13-17)22-11-10-21-18/h3-9,13,15,19H,10-12,14H2,1-2H3. The minimum atomic E-state index is 0.0237. The molecule has 3 rings (SSSR count). The molecule has 1 unspecified atom stereocenters. The predicted octanol–water partition coefficient (Wildman–Crippen LogP) is 4.41. The minimum Gasteiger partial charge on any atom is -0.486 e. The molecule has 0 spiro atoms. The zero-order chi connectivity index (χ0) is 16.1. The topological polar surface area (TPSA) is 27.7 Å². The Morgan fingerprint density at radius 1 is 0.957 bits per heavy atom. The SMILES string of the molecule is CC(C)COC(Cc1ccccc1)c1ccc2c(c1)OCCO2. The van der Waals surface area contributed by atoms with E-state index in [1.165, 1.54) is 5.56 Å². The smallest absolute Gasteiger partial charge is 0.161 e. The largest absolute Gasteiger partial charge is 0.486 e. The number of hydrogen-bond donors (Lipinski definition) is 0. The van der Waals surface area contributed by atoms with E-state index in [1.54, 1.807) is 0 Å². The van der Waals surface area contributed by atoms with Crippen LogP contribution in [0.3, 0.4) is 0 Å². The molecule has 122 valence electrons. The molecule has 3 heteroatoms. The van der Waals surface area contributed by atoms with Gasteiger partial charge in [0.1, 0.15) is 13.2 Å². The highest BCUT2D eigenvalue weighted by molar-refractivity contribution is 5.44. The Morgan fingerprint density at radius 3 is 2.43 bits per heavy atom. The first-order valence-electron chi connectivity index (χ1n) is 8.27. The molecule has 1 aliphatic rings. The van der Waals surface area contributed by atoms with Gasteiger partial charge in [-0.2, -0.15) is 0 Å². The third kappa shape index (κ3) is 4.26. The normalized spacial score (nSPS) is 14.7. The van der Waals surface area contributed by atoms with Gasteiger partial charge in [0.25, 0.3) is 0 Å². The van der Waals surface area contributed by atoms with E-state index in [2.05, 4.69) is 50.2 Å². The maximum Gasteiger partial charge on any atom is 0.161 e. The van der Waals surface area contributed by atoms with E-state index in [0.29, 0.717) is 19.1 Å². The first kappa shape index (κ1) is 15.9. The van der Waals surface area contributed by atoms with Gasteiger partial charge in [-0.25, -0.2) is 0 Å². The van der Waals surface area contributed by atoms with Crippen LogP contribution in [0.25, 0.3) is 0 Å². The molecule has 0 radical (unpaired) electrons. The summed E-state index contributed by atoms with van der Waals surface area (Å²) in [5.74, 6) is 2.15. The molecule has 0 aliphatic carbocycles. The summed E-state index contributed by atoms with van der Waals surface area (Å²) in [5, 5.41) is 0. The first-order chi connectivity index (χ1) is 11.2. The minimum absolute atomic E-state index is 0.0237. The van der Waals surface area contributed by atoms with Crippen LogP contribution >= 0.6 is 0 Å². The van der Waals surface area contributed by atoms with Crippen molar-refractivity contribution in [1.82, 2.24) is 0 Å². The second-order valence-electron chi connectivity index (χ2n) is 6.31. The lowest BCUT2D eigenvalue weighted by Crippen LogP contribution is -2.16. The summed E-state index contributed by atoms with van der Waals surface area (Å²) in [5.41, 5.74) is 2.41. The third-order valence-corrected chi connectivity index (χ3v) is 3.83. The fraction of sp³-hybridized carbons (Fsp3) is 0.400. The van der Waals surface area contributed by atoms with Gasteiger partial charge in [-0.3, -0.25) is 0 Å². The van der Waals surface area contributed by atoms with Crippen LogP contribution in [0.1, 0.15) is 31.1 Å². The van der Waals surface area contributed by atoms with Crippen molar-refractivity contribution < 1.29 is 14.2 Å². The van der Waals surface area contributed by atoms with Gasteiger partial charge in [-0.05, 0) is 29.2 Å². The molecular formula is C20H24O3. The van der Waals surface area contributed by atoms with E-state index in [-0.39, 0.29) is 6.10 Å². The fourth-order valence-corrected chi connectivity index (χ4v) is 2.67. The summed E-state index contributed by atoms with van der Waals surface area (Å²) in [6, 6.07) is 16.6. The van der Waals surface area contributed by atoms with Crippen molar-refractivity contribution in [3.8, 4) is 11.5 Å². The van der Waals surface area contributed by atoms with Gasteiger partial charge in [0, 0.05) is 13.0 Å². The lowest BCUT2D eigenvalue weighted by Gasteiger charge is -2.23. The molecule has 1 aliphatic heterocycles. The Hall–Kier alpha value is -2.00. The van der Waals surface area contributed by atoms with Crippen LogP contribution in [-0.4, -0.2) is 19.8 Å².